The lowest BCUT2D eigenvalue weighted by Crippen LogP contribution is -2.18. The lowest BCUT2D eigenvalue weighted by atomic mass is 9.77. The van der Waals surface area contributed by atoms with Gasteiger partial charge in [-0.2, -0.15) is 10.2 Å². The van der Waals surface area contributed by atoms with Gasteiger partial charge in [-0.15, -0.1) is 11.3 Å². The summed E-state index contributed by atoms with van der Waals surface area (Å²) >= 11 is 1.39. The van der Waals surface area contributed by atoms with E-state index in [1.807, 2.05) is 6.07 Å². The summed E-state index contributed by atoms with van der Waals surface area (Å²) in [6.45, 7) is 4.61. The van der Waals surface area contributed by atoms with Crippen molar-refractivity contribution >= 4 is 11.3 Å². The predicted molar refractivity (Wildman–Crippen MR) is 81.9 cm³/mol. The average molecular weight is 301 g/mol. The molecule has 21 heavy (non-hydrogen) atoms. The summed E-state index contributed by atoms with van der Waals surface area (Å²) in [7, 11) is 0. The van der Waals surface area contributed by atoms with Crippen molar-refractivity contribution in [2.75, 3.05) is 0 Å². The molecule has 1 saturated carbocycles. The topological polar surface area (TPSA) is 62.7 Å². The van der Waals surface area contributed by atoms with E-state index in [1.54, 1.807) is 6.07 Å². The van der Waals surface area contributed by atoms with Gasteiger partial charge in [-0.05, 0) is 49.7 Å². The molecule has 0 aliphatic heterocycles. The van der Waals surface area contributed by atoms with Crippen LogP contribution in [0.15, 0.2) is 16.7 Å². The summed E-state index contributed by atoms with van der Waals surface area (Å²) in [6, 6.07) is 5.79. The highest BCUT2D eigenvalue weighted by atomic mass is 32.1. The molecule has 0 amide bonds. The fourth-order valence-corrected chi connectivity index (χ4v) is 3.78. The molecule has 0 unspecified atom stereocenters. The van der Waals surface area contributed by atoms with Crippen LogP contribution in [0.4, 0.5) is 0 Å². The van der Waals surface area contributed by atoms with Gasteiger partial charge in [-0.1, -0.05) is 19.0 Å². The first-order chi connectivity index (χ1) is 10.2. The second kappa shape index (κ2) is 5.98. The van der Waals surface area contributed by atoms with Gasteiger partial charge in [0.1, 0.15) is 10.9 Å². The smallest absolute Gasteiger partial charge is 0.268 e. The Labute approximate surface area is 128 Å². The first kappa shape index (κ1) is 14.3. The summed E-state index contributed by atoms with van der Waals surface area (Å²) in [5.41, 5.74) is 0. The number of nitriles is 1. The summed E-state index contributed by atoms with van der Waals surface area (Å²) in [4.78, 5) is 6.09. The number of thiophene rings is 1. The van der Waals surface area contributed by atoms with E-state index in [0.717, 1.165) is 35.4 Å². The molecule has 2 aromatic rings. The van der Waals surface area contributed by atoms with Crippen LogP contribution < -0.4 is 0 Å². The highest BCUT2D eigenvalue weighted by Crippen LogP contribution is 2.38. The van der Waals surface area contributed by atoms with Gasteiger partial charge in [-0.3, -0.25) is 0 Å². The molecule has 4 nitrogen and oxygen atoms in total. The average Bonchev–Trinajstić information content (AvgIpc) is 3.16. The zero-order chi connectivity index (χ0) is 14.8. The van der Waals surface area contributed by atoms with Gasteiger partial charge in [-0.25, -0.2) is 0 Å². The normalized spacial score (nSPS) is 22.4. The lowest BCUT2D eigenvalue weighted by Gasteiger charge is -2.29. The summed E-state index contributed by atoms with van der Waals surface area (Å²) < 4.78 is 5.38. The Balaban J connectivity index is 1.70. The largest absolute Gasteiger partial charge is 0.333 e. The number of rotatable bonds is 3. The van der Waals surface area contributed by atoms with E-state index >= 15 is 0 Å². The molecule has 2 heterocycles. The fraction of sp³-hybridized carbons (Fsp3) is 0.562. The Bertz CT molecular complexity index is 645. The second-order valence-electron chi connectivity index (χ2n) is 6.09. The molecular formula is C16H19N3OS. The summed E-state index contributed by atoms with van der Waals surface area (Å²) in [5, 5.41) is 13.0. The Morgan fingerprint density at radius 2 is 2.05 bits per heavy atom. The molecule has 3 rings (SSSR count). The molecule has 0 aromatic carbocycles. The van der Waals surface area contributed by atoms with Crippen molar-refractivity contribution in [3.05, 3.63) is 22.8 Å². The van der Waals surface area contributed by atoms with Crippen LogP contribution in [0.3, 0.4) is 0 Å². The van der Waals surface area contributed by atoms with E-state index in [9.17, 15) is 0 Å². The van der Waals surface area contributed by atoms with Crippen LogP contribution in [-0.2, 0) is 0 Å². The Kier molecular flexibility index (Phi) is 4.07. The van der Waals surface area contributed by atoms with Crippen molar-refractivity contribution in [2.24, 2.45) is 11.8 Å². The first-order valence-corrected chi connectivity index (χ1v) is 8.33. The third-order valence-electron chi connectivity index (χ3n) is 4.45. The van der Waals surface area contributed by atoms with Gasteiger partial charge in [0, 0.05) is 5.92 Å². The highest BCUT2D eigenvalue weighted by molar-refractivity contribution is 7.15. The van der Waals surface area contributed by atoms with Crippen molar-refractivity contribution < 1.29 is 4.52 Å². The van der Waals surface area contributed by atoms with Crippen LogP contribution in [0.2, 0.25) is 0 Å². The predicted octanol–water partition coefficient (Wildman–Crippen LogP) is 4.60. The molecule has 0 N–H and O–H groups in total. The van der Waals surface area contributed by atoms with E-state index in [-0.39, 0.29) is 0 Å². The maximum atomic E-state index is 8.87. The quantitative estimate of drug-likeness (QED) is 0.831. The third-order valence-corrected chi connectivity index (χ3v) is 5.43. The van der Waals surface area contributed by atoms with E-state index in [4.69, 9.17) is 9.78 Å². The van der Waals surface area contributed by atoms with Gasteiger partial charge in [0.15, 0.2) is 5.82 Å². The molecule has 2 aromatic heterocycles. The van der Waals surface area contributed by atoms with Crippen molar-refractivity contribution in [3.63, 3.8) is 0 Å². The monoisotopic (exact) mass is 301 g/mol. The molecule has 1 aliphatic rings. The van der Waals surface area contributed by atoms with Gasteiger partial charge < -0.3 is 4.52 Å². The lowest BCUT2D eigenvalue weighted by molar-refractivity contribution is 0.252. The van der Waals surface area contributed by atoms with Crippen LogP contribution in [0.25, 0.3) is 10.8 Å². The molecule has 0 bridgehead atoms. The van der Waals surface area contributed by atoms with E-state index in [0.29, 0.717) is 16.7 Å². The van der Waals surface area contributed by atoms with E-state index in [2.05, 4.69) is 30.1 Å². The SMILES string of the molecule is CC(C)C1CCC(c2noc(-c3ccc(C#N)s3)n2)CC1. The first-order valence-electron chi connectivity index (χ1n) is 7.51. The fourth-order valence-electron chi connectivity index (χ4n) is 3.06. The number of nitrogens with zero attached hydrogens (tertiary/aromatic N) is 3. The zero-order valence-electron chi connectivity index (χ0n) is 12.4. The summed E-state index contributed by atoms with van der Waals surface area (Å²) in [6.07, 6.45) is 4.80. The van der Waals surface area contributed by atoms with E-state index in [1.165, 1.54) is 24.2 Å². The minimum Gasteiger partial charge on any atom is -0.333 e. The molecular weight excluding hydrogens is 282 g/mol. The molecule has 0 radical (unpaired) electrons. The molecule has 1 fully saturated rings. The number of hydrogen-bond donors (Lipinski definition) is 0. The van der Waals surface area contributed by atoms with Crippen LogP contribution in [0, 0.1) is 23.2 Å². The van der Waals surface area contributed by atoms with Crippen LogP contribution in [0.5, 0.6) is 0 Å². The van der Waals surface area contributed by atoms with Crippen molar-refractivity contribution in [1.29, 1.82) is 5.26 Å². The van der Waals surface area contributed by atoms with Gasteiger partial charge in [0.25, 0.3) is 5.89 Å². The maximum absolute atomic E-state index is 8.87. The van der Waals surface area contributed by atoms with E-state index < -0.39 is 0 Å². The number of hydrogen-bond acceptors (Lipinski definition) is 5. The Morgan fingerprint density at radius 3 is 2.67 bits per heavy atom. The van der Waals surface area contributed by atoms with Crippen molar-refractivity contribution in [1.82, 2.24) is 10.1 Å². The highest BCUT2D eigenvalue weighted by Gasteiger charge is 2.27. The summed E-state index contributed by atoms with van der Waals surface area (Å²) in [5.74, 6) is 3.40. The Hall–Kier alpha value is -1.67. The van der Waals surface area contributed by atoms with Gasteiger partial charge in [0.2, 0.25) is 0 Å². The standard InChI is InChI=1S/C16H19N3OS/c1-10(2)11-3-5-12(6-4-11)15-18-16(20-19-15)14-8-7-13(9-17)21-14/h7-8,10-12H,3-6H2,1-2H3. The maximum Gasteiger partial charge on any atom is 0.268 e. The molecule has 1 aliphatic carbocycles. The molecule has 5 heteroatoms. The molecule has 0 atom stereocenters. The molecule has 110 valence electrons. The van der Waals surface area contributed by atoms with Crippen LogP contribution in [0.1, 0.15) is 56.2 Å². The number of aromatic nitrogens is 2. The second-order valence-corrected chi connectivity index (χ2v) is 7.17. The minimum atomic E-state index is 0.424. The molecule has 0 spiro atoms. The van der Waals surface area contributed by atoms with Crippen molar-refractivity contribution in [3.8, 4) is 16.8 Å². The Morgan fingerprint density at radius 1 is 1.29 bits per heavy atom. The zero-order valence-corrected chi connectivity index (χ0v) is 13.2. The van der Waals surface area contributed by atoms with Gasteiger partial charge >= 0.3 is 0 Å². The van der Waals surface area contributed by atoms with Gasteiger partial charge in [0.05, 0.1) is 4.88 Å². The van der Waals surface area contributed by atoms with Crippen LogP contribution in [-0.4, -0.2) is 10.1 Å². The van der Waals surface area contributed by atoms with Crippen LogP contribution >= 0.6 is 11.3 Å². The third kappa shape index (κ3) is 3.01. The minimum absolute atomic E-state index is 0.424. The van der Waals surface area contributed by atoms with Crippen molar-refractivity contribution in [2.45, 2.75) is 45.4 Å². The molecule has 0 saturated heterocycles.